The molecule has 0 saturated carbocycles. The minimum atomic E-state index is -0.0963. The van der Waals surface area contributed by atoms with Crippen LogP contribution in [0, 0.1) is 11.7 Å². The minimum absolute atomic E-state index is 0.0869. The molecular formula is C17H27FN2. The van der Waals surface area contributed by atoms with Crippen molar-refractivity contribution in [3.63, 3.8) is 0 Å². The van der Waals surface area contributed by atoms with Gasteiger partial charge in [0.2, 0.25) is 0 Å². The lowest BCUT2D eigenvalue weighted by atomic mass is 10.0. The van der Waals surface area contributed by atoms with E-state index < -0.39 is 0 Å². The van der Waals surface area contributed by atoms with Crippen molar-refractivity contribution in [1.82, 2.24) is 10.2 Å². The van der Waals surface area contributed by atoms with Gasteiger partial charge in [-0.05, 0) is 38.3 Å². The summed E-state index contributed by atoms with van der Waals surface area (Å²) in [5.41, 5.74) is 0.799. The first kappa shape index (κ1) is 15.5. The zero-order valence-corrected chi connectivity index (χ0v) is 12.9. The van der Waals surface area contributed by atoms with Gasteiger partial charge in [0.05, 0.1) is 0 Å². The molecular weight excluding hydrogens is 251 g/mol. The molecule has 1 saturated heterocycles. The van der Waals surface area contributed by atoms with Crippen LogP contribution in [0.3, 0.4) is 0 Å². The van der Waals surface area contributed by atoms with Crippen molar-refractivity contribution in [1.29, 1.82) is 0 Å². The molecule has 0 radical (unpaired) electrons. The SMILES string of the molecule is CCCNC(CN1CC(C)CC1C)c1ccccc1F. The molecule has 1 N–H and O–H groups in total. The van der Waals surface area contributed by atoms with E-state index in [0.29, 0.717) is 6.04 Å². The molecule has 20 heavy (non-hydrogen) atoms. The van der Waals surface area contributed by atoms with Crippen molar-refractivity contribution in [2.45, 2.75) is 45.7 Å². The number of hydrogen-bond acceptors (Lipinski definition) is 2. The molecule has 3 heteroatoms. The molecule has 3 unspecified atom stereocenters. The van der Waals surface area contributed by atoms with Crippen molar-refractivity contribution < 1.29 is 4.39 Å². The van der Waals surface area contributed by atoms with Crippen LogP contribution >= 0.6 is 0 Å². The van der Waals surface area contributed by atoms with Gasteiger partial charge >= 0.3 is 0 Å². The normalized spacial score (nSPS) is 25.0. The van der Waals surface area contributed by atoms with Crippen molar-refractivity contribution in [2.24, 2.45) is 5.92 Å². The van der Waals surface area contributed by atoms with Gasteiger partial charge in [-0.2, -0.15) is 0 Å². The Balaban J connectivity index is 2.10. The van der Waals surface area contributed by atoms with Gasteiger partial charge in [0, 0.05) is 30.7 Å². The Bertz CT molecular complexity index is 421. The van der Waals surface area contributed by atoms with Crippen LogP contribution in [0.25, 0.3) is 0 Å². The molecule has 1 fully saturated rings. The van der Waals surface area contributed by atoms with E-state index in [4.69, 9.17) is 0 Å². The van der Waals surface area contributed by atoms with E-state index in [0.717, 1.165) is 37.5 Å². The van der Waals surface area contributed by atoms with Crippen LogP contribution in [-0.4, -0.2) is 30.6 Å². The van der Waals surface area contributed by atoms with Crippen LogP contribution in [0.5, 0.6) is 0 Å². The third-order valence-electron chi connectivity index (χ3n) is 4.25. The Labute approximate surface area is 122 Å². The van der Waals surface area contributed by atoms with Crippen molar-refractivity contribution >= 4 is 0 Å². The third kappa shape index (κ3) is 3.80. The quantitative estimate of drug-likeness (QED) is 0.855. The highest BCUT2D eigenvalue weighted by molar-refractivity contribution is 5.21. The van der Waals surface area contributed by atoms with E-state index in [9.17, 15) is 4.39 Å². The Morgan fingerprint density at radius 3 is 2.70 bits per heavy atom. The number of rotatable bonds is 6. The van der Waals surface area contributed by atoms with E-state index in [-0.39, 0.29) is 11.9 Å². The van der Waals surface area contributed by atoms with Gasteiger partial charge in [-0.1, -0.05) is 32.0 Å². The van der Waals surface area contributed by atoms with Crippen molar-refractivity contribution in [3.05, 3.63) is 35.6 Å². The summed E-state index contributed by atoms with van der Waals surface area (Å²) in [5.74, 6) is 0.651. The highest BCUT2D eigenvalue weighted by atomic mass is 19.1. The second kappa shape index (κ2) is 7.19. The van der Waals surface area contributed by atoms with Crippen LogP contribution in [0.1, 0.15) is 45.2 Å². The van der Waals surface area contributed by atoms with Gasteiger partial charge in [-0.25, -0.2) is 4.39 Å². The molecule has 1 heterocycles. The summed E-state index contributed by atoms with van der Waals surface area (Å²) in [7, 11) is 0. The van der Waals surface area contributed by atoms with Gasteiger partial charge in [-0.3, -0.25) is 4.90 Å². The predicted molar refractivity (Wildman–Crippen MR) is 82.3 cm³/mol. The molecule has 0 amide bonds. The molecule has 1 aromatic rings. The number of benzene rings is 1. The lowest BCUT2D eigenvalue weighted by molar-refractivity contribution is 0.232. The number of likely N-dealkylation sites (tertiary alicyclic amines) is 1. The van der Waals surface area contributed by atoms with Gasteiger partial charge < -0.3 is 5.32 Å². The minimum Gasteiger partial charge on any atom is -0.309 e. The fraction of sp³-hybridized carbons (Fsp3) is 0.647. The average Bonchev–Trinajstić information content (AvgIpc) is 2.73. The van der Waals surface area contributed by atoms with E-state index in [2.05, 4.69) is 31.0 Å². The first-order valence-corrected chi connectivity index (χ1v) is 7.83. The predicted octanol–water partition coefficient (Wildman–Crippen LogP) is 3.60. The van der Waals surface area contributed by atoms with E-state index in [1.807, 2.05) is 12.1 Å². The largest absolute Gasteiger partial charge is 0.309 e. The summed E-state index contributed by atoms with van der Waals surface area (Å²) in [5, 5.41) is 3.51. The molecule has 1 aromatic carbocycles. The zero-order valence-electron chi connectivity index (χ0n) is 12.9. The summed E-state index contributed by atoms with van der Waals surface area (Å²) in [6.45, 7) is 9.67. The van der Waals surface area contributed by atoms with Crippen molar-refractivity contribution in [2.75, 3.05) is 19.6 Å². The Morgan fingerprint density at radius 2 is 2.10 bits per heavy atom. The van der Waals surface area contributed by atoms with Gasteiger partial charge in [0.15, 0.2) is 0 Å². The summed E-state index contributed by atoms with van der Waals surface area (Å²) in [6.07, 6.45) is 2.31. The molecule has 0 spiro atoms. The zero-order chi connectivity index (χ0) is 14.5. The second-order valence-electron chi connectivity index (χ2n) is 6.17. The standard InChI is InChI=1S/C17H27FN2/c1-4-9-19-17(15-7-5-6-8-16(15)18)12-20-11-13(2)10-14(20)3/h5-8,13-14,17,19H,4,9-12H2,1-3H3. The fourth-order valence-electron chi connectivity index (χ4n) is 3.22. The van der Waals surface area contributed by atoms with Gasteiger partial charge in [0.25, 0.3) is 0 Å². The maximum absolute atomic E-state index is 14.1. The first-order chi connectivity index (χ1) is 9.61. The summed E-state index contributed by atoms with van der Waals surface area (Å²) in [6, 6.07) is 7.84. The first-order valence-electron chi connectivity index (χ1n) is 7.83. The maximum atomic E-state index is 14.1. The summed E-state index contributed by atoms with van der Waals surface area (Å²) < 4.78 is 14.1. The highest BCUT2D eigenvalue weighted by Crippen LogP contribution is 2.26. The molecule has 0 aliphatic carbocycles. The maximum Gasteiger partial charge on any atom is 0.128 e. The van der Waals surface area contributed by atoms with Gasteiger partial charge in [0.1, 0.15) is 5.82 Å². The smallest absolute Gasteiger partial charge is 0.128 e. The molecule has 2 rings (SSSR count). The molecule has 1 aliphatic heterocycles. The average molecular weight is 278 g/mol. The molecule has 0 bridgehead atoms. The highest BCUT2D eigenvalue weighted by Gasteiger charge is 2.28. The fourth-order valence-corrected chi connectivity index (χ4v) is 3.22. The topological polar surface area (TPSA) is 15.3 Å². The summed E-state index contributed by atoms with van der Waals surface area (Å²) >= 11 is 0. The van der Waals surface area contributed by atoms with Crippen LogP contribution in [0.15, 0.2) is 24.3 Å². The van der Waals surface area contributed by atoms with Crippen LogP contribution in [0.2, 0.25) is 0 Å². The Morgan fingerprint density at radius 1 is 1.35 bits per heavy atom. The molecule has 3 atom stereocenters. The third-order valence-corrected chi connectivity index (χ3v) is 4.25. The summed E-state index contributed by atoms with van der Waals surface area (Å²) in [4.78, 5) is 2.49. The van der Waals surface area contributed by atoms with Crippen LogP contribution in [-0.2, 0) is 0 Å². The monoisotopic (exact) mass is 278 g/mol. The Hall–Kier alpha value is -0.930. The molecule has 1 aliphatic rings. The number of nitrogens with zero attached hydrogens (tertiary/aromatic N) is 1. The van der Waals surface area contributed by atoms with E-state index in [1.54, 1.807) is 12.1 Å². The van der Waals surface area contributed by atoms with Crippen LogP contribution in [0.4, 0.5) is 4.39 Å². The molecule has 0 aromatic heterocycles. The molecule has 2 nitrogen and oxygen atoms in total. The number of halogens is 1. The van der Waals surface area contributed by atoms with Crippen molar-refractivity contribution in [3.8, 4) is 0 Å². The van der Waals surface area contributed by atoms with Crippen LogP contribution < -0.4 is 5.32 Å². The number of nitrogens with one attached hydrogen (secondary N) is 1. The van der Waals surface area contributed by atoms with E-state index in [1.165, 1.54) is 6.42 Å². The lowest BCUT2D eigenvalue weighted by Crippen LogP contribution is -2.37. The number of hydrogen-bond donors (Lipinski definition) is 1. The lowest BCUT2D eigenvalue weighted by Gasteiger charge is -2.28. The second-order valence-corrected chi connectivity index (χ2v) is 6.17. The van der Waals surface area contributed by atoms with Gasteiger partial charge in [-0.15, -0.1) is 0 Å². The Kier molecular flexibility index (Phi) is 5.55. The van der Waals surface area contributed by atoms with E-state index >= 15 is 0 Å². The molecule has 112 valence electrons.